The average Bonchev–Trinajstić information content (AvgIpc) is 2.59. The molecule has 1 aliphatic rings. The van der Waals surface area contributed by atoms with E-state index in [1.165, 1.54) is 6.92 Å². The van der Waals surface area contributed by atoms with Gasteiger partial charge in [0.05, 0.1) is 5.69 Å². The summed E-state index contributed by atoms with van der Waals surface area (Å²) in [7, 11) is 0. The van der Waals surface area contributed by atoms with Gasteiger partial charge < -0.3 is 10.2 Å². The first kappa shape index (κ1) is 19.1. The molecule has 1 N–H and O–H groups in total. The van der Waals surface area contributed by atoms with Crippen molar-refractivity contribution in [2.24, 2.45) is 0 Å². The lowest BCUT2D eigenvalue weighted by Crippen LogP contribution is -2.58. The summed E-state index contributed by atoms with van der Waals surface area (Å²) in [6.07, 6.45) is -4.99. The molecule has 0 saturated heterocycles. The molecule has 0 saturated carbocycles. The van der Waals surface area contributed by atoms with Crippen LogP contribution in [0.4, 0.5) is 36.8 Å². The van der Waals surface area contributed by atoms with E-state index in [-0.39, 0.29) is 17.7 Å². The minimum absolute atomic E-state index is 0.0382. The second kappa shape index (κ2) is 6.47. The number of nitrogens with zero attached hydrogens (tertiary/aromatic N) is 1. The van der Waals surface area contributed by atoms with E-state index in [0.717, 1.165) is 36.4 Å². The van der Waals surface area contributed by atoms with Crippen molar-refractivity contribution in [1.29, 1.82) is 0 Å². The minimum Gasteiger partial charge on any atom is -0.307 e. The molecule has 3 nitrogen and oxygen atoms in total. The lowest BCUT2D eigenvalue weighted by atomic mass is 9.76. The molecule has 3 rings (SSSR count). The van der Waals surface area contributed by atoms with Gasteiger partial charge in [-0.05, 0) is 36.2 Å². The Bertz CT molecular complexity index is 881. The maximum absolute atomic E-state index is 14.8. The van der Waals surface area contributed by atoms with Crippen molar-refractivity contribution in [3.63, 3.8) is 0 Å². The lowest BCUT2D eigenvalue weighted by molar-refractivity contribution is -0.149. The van der Waals surface area contributed by atoms with Gasteiger partial charge in [0, 0.05) is 5.56 Å². The van der Waals surface area contributed by atoms with Gasteiger partial charge in [-0.25, -0.2) is 18.0 Å². The van der Waals surface area contributed by atoms with E-state index in [1.54, 1.807) is 0 Å². The molecule has 144 valence electrons. The summed E-state index contributed by atoms with van der Waals surface area (Å²) < 4.78 is 81.6. The zero-order valence-corrected chi connectivity index (χ0v) is 14.0. The number of urea groups is 1. The van der Waals surface area contributed by atoms with Crippen molar-refractivity contribution >= 4 is 11.7 Å². The molecule has 27 heavy (non-hydrogen) atoms. The van der Waals surface area contributed by atoms with Crippen molar-refractivity contribution in [2.75, 3.05) is 11.9 Å². The van der Waals surface area contributed by atoms with E-state index in [1.807, 2.05) is 0 Å². The molecular weight excluding hydrogens is 374 g/mol. The Labute approximate surface area is 150 Å². The maximum atomic E-state index is 14.8. The first-order valence-corrected chi connectivity index (χ1v) is 8.00. The Morgan fingerprint density at radius 2 is 1.67 bits per heavy atom. The fraction of sp³-hybridized carbons (Fsp3) is 0.278. The van der Waals surface area contributed by atoms with Crippen molar-refractivity contribution in [3.05, 3.63) is 65.0 Å². The highest BCUT2D eigenvalue weighted by Gasteiger charge is 2.52. The number of hydrogen-bond acceptors (Lipinski definition) is 1. The summed E-state index contributed by atoms with van der Waals surface area (Å²) in [4.78, 5) is 12.9. The van der Waals surface area contributed by atoms with Gasteiger partial charge in [-0.15, -0.1) is 0 Å². The van der Waals surface area contributed by atoms with Crippen LogP contribution in [0.5, 0.6) is 0 Å². The average molecular weight is 388 g/mol. The van der Waals surface area contributed by atoms with Crippen LogP contribution in [0.1, 0.15) is 24.5 Å². The largest absolute Gasteiger partial charge is 0.406 e. The summed E-state index contributed by atoms with van der Waals surface area (Å²) in [5.74, 6) is -3.30. The lowest BCUT2D eigenvalue weighted by Gasteiger charge is -2.48. The molecule has 9 heteroatoms. The van der Waals surface area contributed by atoms with Gasteiger partial charge in [-0.3, -0.25) is 0 Å². The van der Waals surface area contributed by atoms with Crippen LogP contribution in [0.25, 0.3) is 0 Å². The number of halogens is 6. The second-order valence-corrected chi connectivity index (χ2v) is 6.14. The number of anilines is 1. The first-order chi connectivity index (χ1) is 12.6. The predicted molar refractivity (Wildman–Crippen MR) is 85.6 cm³/mol. The molecular formula is C18H14F6N2O. The third-order valence-electron chi connectivity index (χ3n) is 4.63. The third-order valence-corrected chi connectivity index (χ3v) is 4.63. The Balaban J connectivity index is 2.36. The number of carbonyl (C=O) groups is 1. The molecule has 0 fully saturated rings. The van der Waals surface area contributed by atoms with Gasteiger partial charge >= 0.3 is 12.2 Å². The Hall–Kier alpha value is -2.71. The van der Waals surface area contributed by atoms with Gasteiger partial charge in [-0.2, -0.15) is 13.2 Å². The van der Waals surface area contributed by atoms with Crippen molar-refractivity contribution in [1.82, 2.24) is 4.90 Å². The quantitative estimate of drug-likeness (QED) is 0.724. The summed E-state index contributed by atoms with van der Waals surface area (Å²) in [6.45, 7) is -0.251. The maximum Gasteiger partial charge on any atom is 0.406 e. The van der Waals surface area contributed by atoms with Crippen LogP contribution in [0, 0.1) is 17.5 Å². The molecule has 0 radical (unpaired) electrons. The summed E-state index contributed by atoms with van der Waals surface area (Å²) in [6, 6.07) is 5.05. The second-order valence-electron chi connectivity index (χ2n) is 6.14. The number of carbonyl (C=O) groups excluding carboxylic acids is 1. The van der Waals surface area contributed by atoms with Crippen LogP contribution >= 0.6 is 0 Å². The Morgan fingerprint density at radius 1 is 1.04 bits per heavy atom. The smallest absolute Gasteiger partial charge is 0.307 e. The fourth-order valence-electron chi connectivity index (χ4n) is 3.53. The molecule has 0 spiro atoms. The number of hydrogen-bond donors (Lipinski definition) is 1. The number of nitrogens with one attached hydrogen (secondary N) is 1. The molecule has 2 aromatic rings. The summed E-state index contributed by atoms with van der Waals surface area (Å²) in [5.41, 5.74) is -2.49. The summed E-state index contributed by atoms with van der Waals surface area (Å²) >= 11 is 0. The van der Waals surface area contributed by atoms with Gasteiger partial charge in [0.25, 0.3) is 0 Å². The molecule has 1 unspecified atom stereocenters. The molecule has 1 heterocycles. The predicted octanol–water partition coefficient (Wildman–Crippen LogP) is 5.17. The van der Waals surface area contributed by atoms with Crippen LogP contribution in [0.15, 0.2) is 36.4 Å². The fourth-order valence-corrected chi connectivity index (χ4v) is 3.53. The van der Waals surface area contributed by atoms with E-state index < -0.39 is 47.3 Å². The SMILES string of the molecule is CCC1(c2ccc(F)cc2)c2c(ccc(F)c2F)NC(=O)N1CC(F)(F)F. The van der Waals surface area contributed by atoms with Crippen LogP contribution in [-0.2, 0) is 5.54 Å². The highest BCUT2D eigenvalue weighted by molar-refractivity contribution is 5.94. The molecule has 0 bridgehead atoms. The molecule has 2 amide bonds. The van der Waals surface area contributed by atoms with Crippen LogP contribution in [0.2, 0.25) is 0 Å². The zero-order chi connectivity index (χ0) is 20.0. The summed E-state index contributed by atoms with van der Waals surface area (Å²) in [5, 5.41) is 2.18. The van der Waals surface area contributed by atoms with Gasteiger partial charge in [-0.1, -0.05) is 19.1 Å². The van der Waals surface area contributed by atoms with E-state index >= 15 is 0 Å². The van der Waals surface area contributed by atoms with Crippen LogP contribution in [0.3, 0.4) is 0 Å². The third kappa shape index (κ3) is 3.11. The minimum atomic E-state index is -4.79. The van der Waals surface area contributed by atoms with E-state index in [0.29, 0.717) is 4.90 Å². The molecule has 0 aliphatic carbocycles. The van der Waals surface area contributed by atoms with Gasteiger partial charge in [0.15, 0.2) is 11.6 Å². The first-order valence-electron chi connectivity index (χ1n) is 8.00. The highest BCUT2D eigenvalue weighted by Crippen LogP contribution is 2.48. The van der Waals surface area contributed by atoms with E-state index in [4.69, 9.17) is 0 Å². The van der Waals surface area contributed by atoms with Gasteiger partial charge in [0.2, 0.25) is 0 Å². The molecule has 2 aromatic carbocycles. The van der Waals surface area contributed by atoms with Crippen molar-refractivity contribution in [2.45, 2.75) is 25.1 Å². The topological polar surface area (TPSA) is 32.3 Å². The Kier molecular flexibility index (Phi) is 4.57. The van der Waals surface area contributed by atoms with Crippen LogP contribution in [-0.4, -0.2) is 23.7 Å². The number of fused-ring (bicyclic) bond motifs is 1. The highest BCUT2D eigenvalue weighted by atomic mass is 19.4. The normalized spacial score (nSPS) is 19.7. The van der Waals surface area contributed by atoms with Crippen molar-refractivity contribution in [3.8, 4) is 0 Å². The molecule has 1 aliphatic heterocycles. The zero-order valence-electron chi connectivity index (χ0n) is 14.0. The van der Waals surface area contributed by atoms with Crippen LogP contribution < -0.4 is 5.32 Å². The standard InChI is InChI=1S/C18H14F6N2O/c1-2-17(10-3-5-11(19)6-4-10)14-13(8-7-12(20)15(14)21)25-16(27)26(17)9-18(22,23)24/h3-8H,2,9H2,1H3,(H,25,27). The van der Waals surface area contributed by atoms with Crippen molar-refractivity contribution < 1.29 is 31.1 Å². The number of rotatable bonds is 3. The molecule has 0 aromatic heterocycles. The number of amides is 2. The molecule has 1 atom stereocenters. The van der Waals surface area contributed by atoms with E-state index in [2.05, 4.69) is 5.32 Å². The van der Waals surface area contributed by atoms with Gasteiger partial charge in [0.1, 0.15) is 17.9 Å². The van der Waals surface area contributed by atoms with E-state index in [9.17, 15) is 31.1 Å². The monoisotopic (exact) mass is 388 g/mol. The Morgan fingerprint density at radius 3 is 2.22 bits per heavy atom. The number of alkyl halides is 3. The number of benzene rings is 2.